The van der Waals surface area contributed by atoms with E-state index in [0.717, 1.165) is 18.3 Å². The van der Waals surface area contributed by atoms with Crippen LogP contribution in [0.4, 0.5) is 27.6 Å². The first kappa shape index (κ1) is 27.1. The molecule has 200 valence electrons. The molecule has 0 spiro atoms. The molecule has 1 atom stereocenters. The number of alkyl halides is 1. The molecule has 0 bridgehead atoms. The Hall–Kier alpha value is -2.98. The zero-order chi connectivity index (χ0) is 26.6. The van der Waals surface area contributed by atoms with Gasteiger partial charge in [-0.15, -0.1) is 0 Å². The molecule has 0 aliphatic carbocycles. The number of aliphatic hydroxyl groups is 1. The molecule has 37 heavy (non-hydrogen) atoms. The Labute approximate surface area is 212 Å². The molecule has 1 aliphatic rings. The van der Waals surface area contributed by atoms with E-state index in [1.165, 1.54) is 7.11 Å². The molecule has 0 amide bonds. The number of piperidine rings is 1. The summed E-state index contributed by atoms with van der Waals surface area (Å²) in [5.74, 6) is -4.24. The molecule has 1 aromatic heterocycles. The minimum absolute atomic E-state index is 0.0471. The minimum Gasteiger partial charge on any atom is -0.497 e. The molecule has 5 nitrogen and oxygen atoms in total. The lowest BCUT2D eigenvalue weighted by atomic mass is 9.74. The molecular formula is C27H30F5N3O2. The van der Waals surface area contributed by atoms with Crippen molar-refractivity contribution in [1.82, 2.24) is 9.88 Å². The predicted molar refractivity (Wildman–Crippen MR) is 131 cm³/mol. The van der Waals surface area contributed by atoms with Gasteiger partial charge in [-0.2, -0.15) is 0 Å². The van der Waals surface area contributed by atoms with Crippen LogP contribution in [0.2, 0.25) is 0 Å². The third-order valence-corrected chi connectivity index (χ3v) is 7.30. The van der Waals surface area contributed by atoms with Crippen LogP contribution in [0, 0.1) is 28.7 Å². The molecule has 2 aromatic carbocycles. The number of halogens is 5. The smallest absolute Gasteiger partial charge is 0.194 e. The normalized spacial score (nSPS) is 16.6. The number of anilines is 1. The Balaban J connectivity index is 1.32. The number of rotatable bonds is 10. The fourth-order valence-electron chi connectivity index (χ4n) is 4.94. The highest BCUT2D eigenvalue weighted by atomic mass is 19.2. The molecule has 0 unspecified atom stereocenters. The summed E-state index contributed by atoms with van der Waals surface area (Å²) in [4.78, 5) is 6.17. The lowest BCUT2D eigenvalue weighted by Crippen LogP contribution is -2.43. The first-order valence-electron chi connectivity index (χ1n) is 12.2. The Morgan fingerprint density at radius 2 is 1.78 bits per heavy atom. The van der Waals surface area contributed by atoms with Gasteiger partial charge in [-0.1, -0.05) is 0 Å². The largest absolute Gasteiger partial charge is 0.497 e. The van der Waals surface area contributed by atoms with Crippen molar-refractivity contribution < 1.29 is 31.8 Å². The standard InChI is InChI=1S/C27H30F5N3O2/c1-37-18-2-3-24-19(14-18)25(23(31)15-34-24)20(28)4-5-27(16-36)6-9-35(10-7-27)11-8-33-17-12-21(29)26(32)22(30)13-17/h2-3,12-15,20,33,36H,4-11,16H2,1H3/t20-/m1/s1. The van der Waals surface area contributed by atoms with Crippen molar-refractivity contribution in [3.05, 3.63) is 65.4 Å². The van der Waals surface area contributed by atoms with E-state index in [1.807, 2.05) is 0 Å². The van der Waals surface area contributed by atoms with Crippen molar-refractivity contribution in [2.75, 3.05) is 45.2 Å². The molecule has 2 heterocycles. The number of hydrogen-bond donors (Lipinski definition) is 2. The van der Waals surface area contributed by atoms with Gasteiger partial charge in [-0.25, -0.2) is 22.0 Å². The topological polar surface area (TPSA) is 57.6 Å². The molecular weight excluding hydrogens is 493 g/mol. The van der Waals surface area contributed by atoms with Gasteiger partial charge < -0.3 is 20.1 Å². The third-order valence-electron chi connectivity index (χ3n) is 7.30. The summed E-state index contributed by atoms with van der Waals surface area (Å²) >= 11 is 0. The van der Waals surface area contributed by atoms with Gasteiger partial charge in [-0.05, 0) is 62.4 Å². The molecule has 1 aliphatic heterocycles. The minimum atomic E-state index is -1.57. The number of likely N-dealkylation sites (tertiary alicyclic amines) is 1. The molecule has 1 fully saturated rings. The maximum atomic E-state index is 15.4. The molecule has 0 saturated carbocycles. The molecule has 3 aromatic rings. The Morgan fingerprint density at radius 1 is 1.08 bits per heavy atom. The first-order valence-corrected chi connectivity index (χ1v) is 12.2. The SMILES string of the molecule is COc1ccc2ncc(F)c([C@H](F)CCC3(CO)CCN(CCNc4cc(F)c(F)c(F)c4)CC3)c2c1. The third kappa shape index (κ3) is 6.13. The Kier molecular flexibility index (Phi) is 8.49. The van der Waals surface area contributed by atoms with E-state index >= 15 is 4.39 Å². The number of aliphatic hydroxyl groups excluding tert-OH is 1. The van der Waals surface area contributed by atoms with Gasteiger partial charge in [0.1, 0.15) is 17.7 Å². The van der Waals surface area contributed by atoms with Crippen LogP contribution in [0.3, 0.4) is 0 Å². The Bertz CT molecular complexity index is 1210. The van der Waals surface area contributed by atoms with E-state index < -0.39 is 34.9 Å². The number of ether oxygens (including phenoxy) is 1. The number of nitrogens with zero attached hydrogens (tertiary/aromatic N) is 2. The zero-order valence-corrected chi connectivity index (χ0v) is 20.5. The van der Waals surface area contributed by atoms with Crippen LogP contribution in [0.5, 0.6) is 5.75 Å². The summed E-state index contributed by atoms with van der Waals surface area (Å²) in [7, 11) is 1.48. The molecule has 1 saturated heterocycles. The van der Waals surface area contributed by atoms with Gasteiger partial charge in [0.15, 0.2) is 17.5 Å². The van der Waals surface area contributed by atoms with E-state index in [9.17, 15) is 22.7 Å². The van der Waals surface area contributed by atoms with Gasteiger partial charge in [0, 0.05) is 48.5 Å². The van der Waals surface area contributed by atoms with Crippen LogP contribution in [-0.2, 0) is 0 Å². The highest BCUT2D eigenvalue weighted by Gasteiger charge is 2.35. The second-order valence-electron chi connectivity index (χ2n) is 9.59. The number of nitrogens with one attached hydrogen (secondary N) is 1. The molecule has 2 N–H and O–H groups in total. The van der Waals surface area contributed by atoms with Crippen molar-refractivity contribution in [3.8, 4) is 5.75 Å². The van der Waals surface area contributed by atoms with Crippen LogP contribution in [-0.4, -0.2) is 54.9 Å². The van der Waals surface area contributed by atoms with Crippen LogP contribution in [0.1, 0.15) is 37.4 Å². The second-order valence-corrected chi connectivity index (χ2v) is 9.59. The Morgan fingerprint density at radius 3 is 2.43 bits per heavy atom. The highest BCUT2D eigenvalue weighted by molar-refractivity contribution is 5.84. The first-order chi connectivity index (χ1) is 17.7. The monoisotopic (exact) mass is 523 g/mol. The quantitative estimate of drug-likeness (QED) is 0.261. The van der Waals surface area contributed by atoms with Crippen molar-refractivity contribution in [3.63, 3.8) is 0 Å². The predicted octanol–water partition coefficient (Wildman–Crippen LogP) is 5.78. The summed E-state index contributed by atoms with van der Waals surface area (Å²) in [6.07, 6.45) is 1.15. The second kappa shape index (κ2) is 11.6. The molecule has 0 radical (unpaired) electrons. The lowest BCUT2D eigenvalue weighted by molar-refractivity contribution is 0.0314. The van der Waals surface area contributed by atoms with Crippen LogP contribution in [0.25, 0.3) is 10.9 Å². The van der Waals surface area contributed by atoms with E-state index in [-0.39, 0.29) is 24.3 Å². The van der Waals surface area contributed by atoms with Crippen molar-refractivity contribution in [2.45, 2.75) is 31.9 Å². The summed E-state index contributed by atoms with van der Waals surface area (Å²) in [6, 6.07) is 6.74. The lowest BCUT2D eigenvalue weighted by Gasteiger charge is -2.41. The fraction of sp³-hybridized carbons (Fsp3) is 0.444. The fourth-order valence-corrected chi connectivity index (χ4v) is 4.94. The van der Waals surface area contributed by atoms with Gasteiger partial charge in [-0.3, -0.25) is 4.98 Å². The summed E-state index contributed by atoms with van der Waals surface area (Å²) < 4.78 is 75.1. The summed E-state index contributed by atoms with van der Waals surface area (Å²) in [5.41, 5.74) is 0.105. The van der Waals surface area contributed by atoms with Crippen LogP contribution >= 0.6 is 0 Å². The summed E-state index contributed by atoms with van der Waals surface area (Å²) in [6.45, 7) is 2.16. The molecule has 10 heteroatoms. The van der Waals surface area contributed by atoms with Gasteiger partial charge >= 0.3 is 0 Å². The van der Waals surface area contributed by atoms with E-state index in [0.29, 0.717) is 62.1 Å². The van der Waals surface area contributed by atoms with Crippen molar-refractivity contribution in [1.29, 1.82) is 0 Å². The van der Waals surface area contributed by atoms with E-state index in [4.69, 9.17) is 4.74 Å². The number of methoxy groups -OCH3 is 1. The van der Waals surface area contributed by atoms with Gasteiger partial charge in [0.2, 0.25) is 0 Å². The number of hydrogen-bond acceptors (Lipinski definition) is 5. The number of pyridine rings is 1. The van der Waals surface area contributed by atoms with Crippen LogP contribution in [0.15, 0.2) is 36.5 Å². The summed E-state index contributed by atoms with van der Waals surface area (Å²) in [5, 5.41) is 13.4. The number of fused-ring (bicyclic) bond motifs is 1. The highest BCUT2D eigenvalue weighted by Crippen LogP contribution is 2.40. The van der Waals surface area contributed by atoms with E-state index in [1.54, 1.807) is 18.2 Å². The maximum Gasteiger partial charge on any atom is 0.194 e. The maximum absolute atomic E-state index is 15.4. The number of aromatic nitrogens is 1. The van der Waals surface area contributed by atoms with Crippen LogP contribution < -0.4 is 10.1 Å². The zero-order valence-electron chi connectivity index (χ0n) is 20.5. The van der Waals surface area contributed by atoms with Gasteiger partial charge in [0.05, 0.1) is 18.8 Å². The average molecular weight is 524 g/mol. The van der Waals surface area contributed by atoms with E-state index in [2.05, 4.69) is 15.2 Å². The van der Waals surface area contributed by atoms with Crippen molar-refractivity contribution >= 4 is 16.6 Å². The number of benzene rings is 2. The average Bonchev–Trinajstić information content (AvgIpc) is 2.90. The van der Waals surface area contributed by atoms with Gasteiger partial charge in [0.25, 0.3) is 0 Å². The molecule has 4 rings (SSSR count). The van der Waals surface area contributed by atoms with Crippen molar-refractivity contribution in [2.24, 2.45) is 5.41 Å².